The number of halogens is 2. The summed E-state index contributed by atoms with van der Waals surface area (Å²) < 4.78 is 2.13. The topological polar surface area (TPSA) is 41.1 Å². The van der Waals surface area contributed by atoms with Crippen LogP contribution in [0, 0.1) is 9.49 Å². The monoisotopic (exact) mass is 424 g/mol. The highest BCUT2D eigenvalue weighted by atomic mass is 127. The fourth-order valence-corrected chi connectivity index (χ4v) is 2.81. The molecule has 0 aliphatic carbocycles. The molecule has 0 aromatic heterocycles. The smallest absolute Gasteiger partial charge is 0.239 e. The number of benzene rings is 1. The van der Waals surface area contributed by atoms with Gasteiger partial charge >= 0.3 is 0 Å². The summed E-state index contributed by atoms with van der Waals surface area (Å²) >= 11 is 5.72. The number of amides is 1. The molecule has 0 atom stereocenters. The van der Waals surface area contributed by atoms with Crippen LogP contribution in [0.25, 0.3) is 0 Å². The highest BCUT2D eigenvalue weighted by molar-refractivity contribution is 14.1. The molecular formula is C13H18BrIN2O. The summed E-state index contributed by atoms with van der Waals surface area (Å²) in [5, 5.41) is 6.01. The second kappa shape index (κ2) is 7.99. The lowest BCUT2D eigenvalue weighted by Crippen LogP contribution is -2.31. The van der Waals surface area contributed by atoms with Crippen LogP contribution in [0.3, 0.4) is 0 Å². The molecule has 0 spiro atoms. The van der Waals surface area contributed by atoms with Crippen molar-refractivity contribution in [2.75, 3.05) is 18.4 Å². The van der Waals surface area contributed by atoms with Gasteiger partial charge < -0.3 is 10.6 Å². The van der Waals surface area contributed by atoms with Gasteiger partial charge in [0.1, 0.15) is 0 Å². The van der Waals surface area contributed by atoms with Gasteiger partial charge in [-0.2, -0.15) is 0 Å². The van der Waals surface area contributed by atoms with E-state index in [1.807, 2.05) is 18.2 Å². The Morgan fingerprint density at radius 2 is 2.17 bits per heavy atom. The minimum absolute atomic E-state index is 0.0288. The molecule has 0 aliphatic heterocycles. The Hall–Kier alpha value is -0.300. The minimum Gasteiger partial charge on any atom is -0.375 e. The Labute approximate surface area is 130 Å². The third-order valence-corrected chi connectivity index (χ3v) is 3.74. The molecule has 18 heavy (non-hydrogen) atoms. The molecule has 0 bridgehead atoms. The number of hydrogen-bond donors (Lipinski definition) is 2. The summed E-state index contributed by atoms with van der Waals surface area (Å²) in [7, 11) is 0. The van der Waals surface area contributed by atoms with Gasteiger partial charge in [0.2, 0.25) is 5.91 Å². The Morgan fingerprint density at radius 3 is 2.78 bits per heavy atom. The van der Waals surface area contributed by atoms with Crippen LogP contribution in [-0.4, -0.2) is 19.0 Å². The van der Waals surface area contributed by atoms with Crippen LogP contribution in [0.4, 0.5) is 5.69 Å². The van der Waals surface area contributed by atoms with Gasteiger partial charge in [-0.1, -0.05) is 13.8 Å². The average molecular weight is 425 g/mol. The first-order valence-electron chi connectivity index (χ1n) is 5.94. The first-order chi connectivity index (χ1) is 8.49. The Morgan fingerprint density at radius 1 is 1.44 bits per heavy atom. The van der Waals surface area contributed by atoms with Crippen LogP contribution in [-0.2, 0) is 4.79 Å². The Balaban J connectivity index is 2.33. The number of hydrogen-bond acceptors (Lipinski definition) is 2. The molecule has 3 nitrogen and oxygen atoms in total. The van der Waals surface area contributed by atoms with Crippen LogP contribution in [0.5, 0.6) is 0 Å². The molecule has 0 saturated carbocycles. The van der Waals surface area contributed by atoms with Gasteiger partial charge in [0.25, 0.3) is 0 Å². The summed E-state index contributed by atoms with van der Waals surface area (Å²) in [6.07, 6.45) is 1.01. The molecule has 1 rings (SSSR count). The van der Waals surface area contributed by atoms with Gasteiger partial charge in [0.15, 0.2) is 0 Å². The summed E-state index contributed by atoms with van der Waals surface area (Å²) in [4.78, 5) is 11.6. The molecule has 1 amide bonds. The summed E-state index contributed by atoms with van der Waals surface area (Å²) in [5.41, 5.74) is 0.939. The lowest BCUT2D eigenvalue weighted by Gasteiger charge is -2.10. The van der Waals surface area contributed by atoms with E-state index in [0.29, 0.717) is 12.5 Å². The van der Waals surface area contributed by atoms with Crippen molar-refractivity contribution >= 4 is 50.1 Å². The normalized spacial score (nSPS) is 10.5. The van der Waals surface area contributed by atoms with Crippen molar-refractivity contribution in [3.8, 4) is 0 Å². The average Bonchev–Trinajstić information content (AvgIpc) is 2.27. The van der Waals surface area contributed by atoms with Crippen molar-refractivity contribution in [1.29, 1.82) is 0 Å². The first kappa shape index (κ1) is 15.8. The summed E-state index contributed by atoms with van der Waals surface area (Å²) in [6.45, 7) is 5.34. The second-order valence-corrected chi connectivity index (χ2v) is 6.61. The van der Waals surface area contributed by atoms with Gasteiger partial charge in [0, 0.05) is 20.3 Å². The first-order valence-corrected chi connectivity index (χ1v) is 7.82. The lowest BCUT2D eigenvalue weighted by atomic mass is 10.1. The molecule has 2 N–H and O–H groups in total. The third-order valence-electron chi connectivity index (χ3n) is 2.41. The van der Waals surface area contributed by atoms with E-state index in [4.69, 9.17) is 0 Å². The molecule has 1 aromatic rings. The highest BCUT2D eigenvalue weighted by Gasteiger charge is 2.04. The second-order valence-electron chi connectivity index (χ2n) is 4.51. The summed E-state index contributed by atoms with van der Waals surface area (Å²) in [5.74, 6) is 0.643. The Kier molecular flexibility index (Phi) is 6.99. The van der Waals surface area contributed by atoms with E-state index in [2.05, 4.69) is 63.0 Å². The van der Waals surface area contributed by atoms with E-state index >= 15 is 0 Å². The maximum absolute atomic E-state index is 11.6. The number of carbonyl (C=O) groups excluding carboxylic acids is 1. The van der Waals surface area contributed by atoms with Gasteiger partial charge in [-0.25, -0.2) is 0 Å². The maximum atomic E-state index is 11.6. The van der Waals surface area contributed by atoms with E-state index < -0.39 is 0 Å². The molecule has 0 unspecified atom stereocenters. The molecule has 0 radical (unpaired) electrons. The number of carbonyl (C=O) groups is 1. The molecule has 0 aliphatic rings. The molecule has 0 fully saturated rings. The van der Waals surface area contributed by atoms with Crippen molar-refractivity contribution in [3.63, 3.8) is 0 Å². The van der Waals surface area contributed by atoms with Gasteiger partial charge in [0.05, 0.1) is 6.54 Å². The molecule has 1 aromatic carbocycles. The number of rotatable bonds is 6. The van der Waals surface area contributed by atoms with E-state index in [1.165, 1.54) is 0 Å². The molecule has 5 heteroatoms. The van der Waals surface area contributed by atoms with E-state index in [-0.39, 0.29) is 5.91 Å². The highest BCUT2D eigenvalue weighted by Crippen LogP contribution is 2.24. The maximum Gasteiger partial charge on any atom is 0.239 e. The van der Waals surface area contributed by atoms with Crippen LogP contribution in [0.2, 0.25) is 0 Å². The van der Waals surface area contributed by atoms with Gasteiger partial charge in [-0.15, -0.1) is 0 Å². The van der Waals surface area contributed by atoms with Gasteiger partial charge in [-0.3, -0.25) is 4.79 Å². The number of nitrogens with one attached hydrogen (secondary N) is 2. The molecular weight excluding hydrogens is 407 g/mol. The SMILES string of the molecule is CC(C)CCNC(=O)CNc1ccc(I)cc1Br. The quantitative estimate of drug-likeness (QED) is 0.684. The number of anilines is 1. The van der Waals surface area contributed by atoms with Gasteiger partial charge in [-0.05, 0) is 69.1 Å². The van der Waals surface area contributed by atoms with Crippen molar-refractivity contribution in [2.24, 2.45) is 5.92 Å². The van der Waals surface area contributed by atoms with E-state index in [9.17, 15) is 4.79 Å². The molecule has 100 valence electrons. The predicted molar refractivity (Wildman–Crippen MR) is 87.8 cm³/mol. The zero-order valence-corrected chi connectivity index (χ0v) is 14.3. The fraction of sp³-hybridized carbons (Fsp3) is 0.462. The fourth-order valence-electron chi connectivity index (χ4n) is 1.37. The predicted octanol–water partition coefficient (Wildman–Crippen LogP) is 3.63. The van der Waals surface area contributed by atoms with Crippen LogP contribution >= 0.6 is 38.5 Å². The standard InChI is InChI=1S/C13H18BrIN2O/c1-9(2)5-6-16-13(18)8-17-12-4-3-10(15)7-11(12)14/h3-4,7,9,17H,5-6,8H2,1-2H3,(H,16,18). The van der Waals surface area contributed by atoms with Crippen molar-refractivity contribution < 1.29 is 4.79 Å². The third kappa shape index (κ3) is 6.04. The van der Waals surface area contributed by atoms with Crippen LogP contribution in [0.15, 0.2) is 22.7 Å². The van der Waals surface area contributed by atoms with E-state index in [1.54, 1.807) is 0 Å². The lowest BCUT2D eigenvalue weighted by molar-refractivity contribution is -0.119. The molecule has 0 saturated heterocycles. The molecule has 0 heterocycles. The summed E-state index contributed by atoms with van der Waals surface area (Å²) in [6, 6.07) is 5.98. The van der Waals surface area contributed by atoms with Crippen molar-refractivity contribution in [2.45, 2.75) is 20.3 Å². The Bertz CT molecular complexity index is 410. The van der Waals surface area contributed by atoms with Crippen LogP contribution in [0.1, 0.15) is 20.3 Å². The largest absolute Gasteiger partial charge is 0.375 e. The van der Waals surface area contributed by atoms with Crippen LogP contribution < -0.4 is 10.6 Å². The van der Waals surface area contributed by atoms with Crippen molar-refractivity contribution in [1.82, 2.24) is 5.32 Å². The zero-order chi connectivity index (χ0) is 13.5. The van der Waals surface area contributed by atoms with E-state index in [0.717, 1.165) is 26.7 Å². The van der Waals surface area contributed by atoms with Crippen molar-refractivity contribution in [3.05, 3.63) is 26.2 Å². The zero-order valence-electron chi connectivity index (χ0n) is 10.6. The minimum atomic E-state index is 0.0288.